The molecule has 0 aliphatic carbocycles. The summed E-state index contributed by atoms with van der Waals surface area (Å²) in [5.74, 6) is 1.13. The highest BCUT2D eigenvalue weighted by molar-refractivity contribution is 7.14. The summed E-state index contributed by atoms with van der Waals surface area (Å²) in [6, 6.07) is 6.19. The number of nitrogens with zero attached hydrogens (tertiary/aromatic N) is 2. The van der Waals surface area contributed by atoms with Crippen molar-refractivity contribution in [2.45, 2.75) is 45.1 Å². The molecule has 1 fully saturated rings. The Balaban J connectivity index is 1.54. The average molecular weight is 386 g/mol. The van der Waals surface area contributed by atoms with Gasteiger partial charge in [0, 0.05) is 37.1 Å². The number of fused-ring (bicyclic) bond motifs is 2. The van der Waals surface area contributed by atoms with Gasteiger partial charge in [0.15, 0.2) is 0 Å². The molecule has 2 aromatic heterocycles. The molecule has 0 unspecified atom stereocenters. The second-order valence-electron chi connectivity index (χ2n) is 7.43. The zero-order valence-corrected chi connectivity index (χ0v) is 16.9. The number of amides is 1. The van der Waals surface area contributed by atoms with Crippen LogP contribution in [0, 0.1) is 6.92 Å². The van der Waals surface area contributed by atoms with Crippen LogP contribution in [0.2, 0.25) is 0 Å². The number of pyridine rings is 1. The van der Waals surface area contributed by atoms with Crippen LogP contribution in [0.1, 0.15) is 51.9 Å². The monoisotopic (exact) mass is 385 g/mol. The van der Waals surface area contributed by atoms with Crippen molar-refractivity contribution in [3.05, 3.63) is 45.3 Å². The van der Waals surface area contributed by atoms with Gasteiger partial charge in [0.05, 0.1) is 17.1 Å². The Labute approximate surface area is 164 Å². The van der Waals surface area contributed by atoms with Crippen molar-refractivity contribution in [3.63, 3.8) is 0 Å². The molecule has 5 nitrogen and oxygen atoms in total. The van der Waals surface area contributed by atoms with Gasteiger partial charge in [-0.3, -0.25) is 4.79 Å². The van der Waals surface area contributed by atoms with Crippen molar-refractivity contribution in [2.24, 2.45) is 0 Å². The molecule has 0 saturated carbocycles. The Bertz CT molecular complexity index is 825. The largest absolute Gasteiger partial charge is 0.370 e. The summed E-state index contributed by atoms with van der Waals surface area (Å²) in [7, 11) is 0. The lowest BCUT2D eigenvalue weighted by atomic mass is 9.82. The number of aromatic nitrogens is 1. The molecule has 0 aromatic carbocycles. The third-order valence-electron chi connectivity index (χ3n) is 5.62. The number of aryl methyl sites for hydroxylation is 1. The molecule has 4 rings (SSSR count). The molecule has 2 aromatic rings. The Morgan fingerprint density at radius 2 is 2.22 bits per heavy atom. The van der Waals surface area contributed by atoms with Crippen molar-refractivity contribution in [2.75, 3.05) is 31.1 Å². The zero-order valence-electron chi connectivity index (χ0n) is 16.1. The Morgan fingerprint density at radius 1 is 1.41 bits per heavy atom. The first-order valence-corrected chi connectivity index (χ1v) is 10.7. The van der Waals surface area contributed by atoms with Crippen molar-refractivity contribution in [3.8, 4) is 0 Å². The van der Waals surface area contributed by atoms with E-state index in [2.05, 4.69) is 41.2 Å². The fraction of sp³-hybridized carbons (Fsp3) is 0.524. The van der Waals surface area contributed by atoms with Gasteiger partial charge in [-0.25, -0.2) is 4.98 Å². The van der Waals surface area contributed by atoms with Gasteiger partial charge in [0.25, 0.3) is 5.91 Å². The molecular formula is C21H27N3O2S. The first-order valence-electron chi connectivity index (χ1n) is 9.85. The topological polar surface area (TPSA) is 54.5 Å². The summed E-state index contributed by atoms with van der Waals surface area (Å²) < 4.78 is 6.35. The van der Waals surface area contributed by atoms with Crippen LogP contribution >= 0.6 is 11.3 Å². The van der Waals surface area contributed by atoms with Crippen LogP contribution in [0.3, 0.4) is 0 Å². The number of ether oxygens (including phenoxy) is 1. The first-order chi connectivity index (χ1) is 13.1. The zero-order chi connectivity index (χ0) is 18.9. The quantitative estimate of drug-likeness (QED) is 0.873. The van der Waals surface area contributed by atoms with Gasteiger partial charge in [-0.15, -0.1) is 11.3 Å². The fourth-order valence-corrected chi connectivity index (χ4v) is 5.30. The molecule has 1 spiro atoms. The third kappa shape index (κ3) is 3.48. The van der Waals surface area contributed by atoms with Crippen LogP contribution < -0.4 is 10.2 Å². The Kier molecular flexibility index (Phi) is 5.19. The number of carbonyl (C=O) groups excluding carboxylic acids is 1. The molecule has 1 amide bonds. The van der Waals surface area contributed by atoms with Crippen molar-refractivity contribution in [1.29, 1.82) is 0 Å². The van der Waals surface area contributed by atoms with E-state index in [9.17, 15) is 4.79 Å². The summed E-state index contributed by atoms with van der Waals surface area (Å²) in [5.41, 5.74) is 2.22. The van der Waals surface area contributed by atoms with E-state index in [1.165, 1.54) is 16.0 Å². The lowest BCUT2D eigenvalue weighted by molar-refractivity contribution is -0.0757. The van der Waals surface area contributed by atoms with Crippen LogP contribution in [0.15, 0.2) is 24.4 Å². The molecule has 27 heavy (non-hydrogen) atoms. The molecule has 0 radical (unpaired) electrons. The molecular weight excluding hydrogens is 358 g/mol. The lowest BCUT2D eigenvalue weighted by Gasteiger charge is -2.44. The maximum absolute atomic E-state index is 12.4. The summed E-state index contributed by atoms with van der Waals surface area (Å²) in [6.45, 7) is 7.49. The maximum Gasteiger partial charge on any atom is 0.261 e. The van der Waals surface area contributed by atoms with Crippen LogP contribution in [0.25, 0.3) is 0 Å². The first kappa shape index (κ1) is 18.4. The van der Waals surface area contributed by atoms with Crippen molar-refractivity contribution in [1.82, 2.24) is 10.3 Å². The van der Waals surface area contributed by atoms with Gasteiger partial charge < -0.3 is 15.0 Å². The second-order valence-corrected chi connectivity index (χ2v) is 8.56. The van der Waals surface area contributed by atoms with E-state index in [4.69, 9.17) is 4.74 Å². The number of anilines is 1. The van der Waals surface area contributed by atoms with E-state index in [0.717, 1.165) is 62.6 Å². The highest BCUT2D eigenvalue weighted by Gasteiger charge is 2.42. The van der Waals surface area contributed by atoms with Gasteiger partial charge in [-0.2, -0.15) is 0 Å². The average Bonchev–Trinajstić information content (AvgIpc) is 3.14. The van der Waals surface area contributed by atoms with Gasteiger partial charge >= 0.3 is 0 Å². The predicted molar refractivity (Wildman–Crippen MR) is 109 cm³/mol. The highest BCUT2D eigenvalue weighted by atomic mass is 32.1. The minimum Gasteiger partial charge on any atom is -0.370 e. The van der Waals surface area contributed by atoms with Gasteiger partial charge in [0.1, 0.15) is 5.82 Å². The molecule has 144 valence electrons. The summed E-state index contributed by atoms with van der Waals surface area (Å²) in [5, 5.41) is 3.00. The van der Waals surface area contributed by atoms with Crippen LogP contribution in [-0.2, 0) is 16.8 Å². The van der Waals surface area contributed by atoms with Gasteiger partial charge in [-0.05, 0) is 49.4 Å². The molecule has 0 bridgehead atoms. The normalized spacial score (nSPS) is 18.4. The molecule has 2 aliphatic rings. The number of hydrogen-bond acceptors (Lipinski definition) is 5. The van der Waals surface area contributed by atoms with Gasteiger partial charge in [-0.1, -0.05) is 13.0 Å². The molecule has 4 heterocycles. The minimum absolute atomic E-state index is 0.0490. The van der Waals surface area contributed by atoms with E-state index in [0.29, 0.717) is 0 Å². The van der Waals surface area contributed by atoms with E-state index in [1.54, 1.807) is 11.3 Å². The standard InChI is InChI=1S/C21H27N3O2S/c1-3-9-23-20(25)18-14-16-17(27-18)6-13-26-21(16)7-11-24(12-8-21)19-15(2)5-4-10-22-19/h4-5,10,14H,3,6-9,11-13H2,1-2H3,(H,23,25). The van der Waals surface area contributed by atoms with Crippen LogP contribution in [0.5, 0.6) is 0 Å². The van der Waals surface area contributed by atoms with E-state index in [1.807, 2.05) is 12.3 Å². The number of thiophene rings is 1. The number of hydrogen-bond donors (Lipinski definition) is 1. The SMILES string of the molecule is CCCNC(=O)c1cc2c(s1)CCOC21CCN(c2ncccc2C)CC1. The third-order valence-corrected chi connectivity index (χ3v) is 6.81. The van der Waals surface area contributed by atoms with Crippen molar-refractivity contribution >= 4 is 23.1 Å². The van der Waals surface area contributed by atoms with Crippen molar-refractivity contribution < 1.29 is 9.53 Å². The van der Waals surface area contributed by atoms with Gasteiger partial charge in [0.2, 0.25) is 0 Å². The van der Waals surface area contributed by atoms with E-state index < -0.39 is 0 Å². The summed E-state index contributed by atoms with van der Waals surface area (Å²) in [6.07, 6.45) is 5.59. The highest BCUT2D eigenvalue weighted by Crippen LogP contribution is 2.45. The van der Waals surface area contributed by atoms with E-state index in [-0.39, 0.29) is 11.5 Å². The maximum atomic E-state index is 12.4. The molecule has 1 N–H and O–H groups in total. The molecule has 0 atom stereocenters. The Hall–Kier alpha value is -1.92. The molecule has 2 aliphatic heterocycles. The fourth-order valence-electron chi connectivity index (χ4n) is 4.16. The second kappa shape index (κ2) is 7.60. The summed E-state index contributed by atoms with van der Waals surface area (Å²) >= 11 is 1.64. The predicted octanol–water partition coefficient (Wildman–Crippen LogP) is 3.66. The number of carbonyl (C=O) groups is 1. The smallest absolute Gasteiger partial charge is 0.261 e. The number of rotatable bonds is 4. The lowest BCUT2D eigenvalue weighted by Crippen LogP contribution is -2.46. The van der Waals surface area contributed by atoms with Crippen LogP contribution in [-0.4, -0.2) is 37.1 Å². The van der Waals surface area contributed by atoms with Crippen LogP contribution in [0.4, 0.5) is 5.82 Å². The summed E-state index contributed by atoms with van der Waals surface area (Å²) in [4.78, 5) is 21.5. The minimum atomic E-state index is -0.243. The Morgan fingerprint density at radius 3 is 2.96 bits per heavy atom. The van der Waals surface area contributed by atoms with E-state index >= 15 is 0 Å². The number of nitrogens with one attached hydrogen (secondary N) is 1. The number of piperidine rings is 1. The molecule has 6 heteroatoms. The molecule has 1 saturated heterocycles.